The smallest absolute Gasteiger partial charge is 0.221 e. The third-order valence-electron chi connectivity index (χ3n) is 5.07. The number of anilines is 2. The van der Waals surface area contributed by atoms with Crippen molar-refractivity contribution in [1.82, 2.24) is 14.9 Å². The van der Waals surface area contributed by atoms with Gasteiger partial charge in [-0.25, -0.2) is 0 Å². The molecule has 3 aromatic rings. The lowest BCUT2D eigenvalue weighted by atomic mass is 10.0. The normalized spacial score (nSPS) is 18.6. The second-order valence-corrected chi connectivity index (χ2v) is 7.33. The Balaban J connectivity index is 1.77. The summed E-state index contributed by atoms with van der Waals surface area (Å²) in [7, 11) is 0. The summed E-state index contributed by atoms with van der Waals surface area (Å²) in [5.41, 5.74) is 3.83. The van der Waals surface area contributed by atoms with Crippen LogP contribution in [0.15, 0.2) is 67.0 Å². The number of thiocarbonyl (C=S) groups is 1. The summed E-state index contributed by atoms with van der Waals surface area (Å²) in [4.78, 5) is 18.0. The third-order valence-corrected chi connectivity index (χ3v) is 5.39. The highest BCUT2D eigenvalue weighted by molar-refractivity contribution is 7.80. The minimum absolute atomic E-state index is 0.0426. The first kappa shape index (κ1) is 19.1. The Morgan fingerprint density at radius 1 is 1.17 bits per heavy atom. The minimum atomic E-state index is -0.0926. The molecule has 0 spiro atoms. The van der Waals surface area contributed by atoms with Crippen molar-refractivity contribution in [2.75, 3.05) is 10.2 Å². The molecule has 1 aromatic carbocycles. The van der Waals surface area contributed by atoms with Crippen molar-refractivity contribution >= 4 is 34.6 Å². The van der Waals surface area contributed by atoms with Crippen LogP contribution in [0.4, 0.5) is 11.4 Å². The van der Waals surface area contributed by atoms with Gasteiger partial charge in [-0.05, 0) is 67.7 Å². The summed E-state index contributed by atoms with van der Waals surface area (Å²) in [6.07, 6.45) is 3.89. The number of pyridine rings is 1. The van der Waals surface area contributed by atoms with Gasteiger partial charge >= 0.3 is 0 Å². The number of benzene rings is 1. The Bertz CT molecular complexity index is 1020. The maximum atomic E-state index is 11.3. The molecule has 0 bridgehead atoms. The topological polar surface area (TPSA) is 62.2 Å². The van der Waals surface area contributed by atoms with E-state index in [0.717, 1.165) is 23.6 Å². The first-order valence-electron chi connectivity index (χ1n) is 9.62. The van der Waals surface area contributed by atoms with E-state index in [9.17, 15) is 4.79 Å². The van der Waals surface area contributed by atoms with Gasteiger partial charge in [-0.1, -0.05) is 6.07 Å². The molecule has 1 aliphatic rings. The fourth-order valence-electron chi connectivity index (χ4n) is 3.83. The molecule has 1 fully saturated rings. The van der Waals surface area contributed by atoms with Gasteiger partial charge in [0.05, 0.1) is 11.7 Å². The highest BCUT2D eigenvalue weighted by Crippen LogP contribution is 2.41. The molecule has 148 valence electrons. The van der Waals surface area contributed by atoms with Crippen LogP contribution in [0.25, 0.3) is 0 Å². The zero-order chi connectivity index (χ0) is 20.4. The second kappa shape index (κ2) is 8.05. The molecule has 6 nitrogen and oxygen atoms in total. The van der Waals surface area contributed by atoms with E-state index < -0.39 is 0 Å². The monoisotopic (exact) mass is 405 g/mol. The molecule has 2 atom stereocenters. The van der Waals surface area contributed by atoms with E-state index in [1.54, 1.807) is 6.20 Å². The summed E-state index contributed by atoms with van der Waals surface area (Å²) in [5, 5.41) is 6.93. The average molecular weight is 406 g/mol. The van der Waals surface area contributed by atoms with Gasteiger partial charge in [-0.3, -0.25) is 9.78 Å². The molecule has 7 heteroatoms. The maximum Gasteiger partial charge on any atom is 0.221 e. The minimum Gasteiger partial charge on any atom is -0.351 e. The Hall–Kier alpha value is -3.19. The number of aryl methyl sites for hydroxylation is 1. The molecule has 1 amide bonds. The Kier molecular flexibility index (Phi) is 5.31. The van der Waals surface area contributed by atoms with E-state index in [4.69, 9.17) is 12.2 Å². The van der Waals surface area contributed by atoms with Gasteiger partial charge < -0.3 is 20.1 Å². The fraction of sp³-hybridized carbons (Fsp3) is 0.227. The first-order valence-corrected chi connectivity index (χ1v) is 10.0. The molecule has 4 rings (SSSR count). The lowest BCUT2D eigenvalue weighted by Gasteiger charge is -2.29. The molecule has 2 aromatic heterocycles. The number of rotatable bonds is 5. The van der Waals surface area contributed by atoms with Crippen molar-refractivity contribution in [3.8, 4) is 0 Å². The van der Waals surface area contributed by atoms with Crippen LogP contribution in [0.3, 0.4) is 0 Å². The highest BCUT2D eigenvalue weighted by atomic mass is 32.1. The summed E-state index contributed by atoms with van der Waals surface area (Å²) in [5.74, 6) is -0.0926. The number of nitrogens with one attached hydrogen (secondary N) is 2. The highest BCUT2D eigenvalue weighted by Gasteiger charge is 2.41. The van der Waals surface area contributed by atoms with E-state index in [2.05, 4.69) is 50.3 Å². The van der Waals surface area contributed by atoms with Crippen LogP contribution in [-0.4, -0.2) is 20.6 Å². The van der Waals surface area contributed by atoms with Crippen molar-refractivity contribution in [1.29, 1.82) is 0 Å². The molecular weight excluding hydrogens is 382 g/mol. The second-order valence-electron chi connectivity index (χ2n) is 6.94. The zero-order valence-corrected chi connectivity index (χ0v) is 17.2. The number of carbonyl (C=O) groups is 1. The van der Waals surface area contributed by atoms with Crippen LogP contribution in [0.1, 0.15) is 37.3 Å². The van der Waals surface area contributed by atoms with Crippen molar-refractivity contribution in [3.05, 3.63) is 78.4 Å². The van der Waals surface area contributed by atoms with E-state index in [1.165, 1.54) is 12.6 Å². The van der Waals surface area contributed by atoms with E-state index in [-0.39, 0.29) is 18.0 Å². The Morgan fingerprint density at radius 3 is 2.62 bits per heavy atom. The van der Waals surface area contributed by atoms with Crippen LogP contribution in [-0.2, 0) is 11.3 Å². The van der Waals surface area contributed by atoms with Gasteiger partial charge in [0, 0.05) is 42.9 Å². The fourth-order valence-corrected chi connectivity index (χ4v) is 4.17. The first-order chi connectivity index (χ1) is 14.1. The molecule has 0 radical (unpaired) electrons. The Labute approximate surface area is 175 Å². The predicted octanol–water partition coefficient (Wildman–Crippen LogP) is 4.04. The van der Waals surface area contributed by atoms with Crippen molar-refractivity contribution in [2.24, 2.45) is 0 Å². The summed E-state index contributed by atoms with van der Waals surface area (Å²) in [6.45, 7) is 4.50. The molecular formula is C22H23N5OS. The zero-order valence-electron chi connectivity index (χ0n) is 16.4. The van der Waals surface area contributed by atoms with Crippen molar-refractivity contribution in [3.63, 3.8) is 0 Å². The molecule has 0 saturated carbocycles. The van der Waals surface area contributed by atoms with Gasteiger partial charge in [-0.2, -0.15) is 0 Å². The van der Waals surface area contributed by atoms with Gasteiger partial charge in [0.1, 0.15) is 6.04 Å². The average Bonchev–Trinajstić information content (AvgIpc) is 3.32. The molecule has 29 heavy (non-hydrogen) atoms. The molecule has 1 saturated heterocycles. The van der Waals surface area contributed by atoms with E-state index >= 15 is 0 Å². The van der Waals surface area contributed by atoms with Gasteiger partial charge in [0.25, 0.3) is 0 Å². The predicted molar refractivity (Wildman–Crippen MR) is 119 cm³/mol. The molecule has 3 heterocycles. The summed E-state index contributed by atoms with van der Waals surface area (Å²) >= 11 is 5.74. The van der Waals surface area contributed by atoms with Gasteiger partial charge in [0.2, 0.25) is 5.91 Å². The maximum absolute atomic E-state index is 11.3. The van der Waals surface area contributed by atoms with Crippen LogP contribution in [0.5, 0.6) is 0 Å². The number of aromatic nitrogens is 2. The van der Waals surface area contributed by atoms with E-state index in [0.29, 0.717) is 5.11 Å². The van der Waals surface area contributed by atoms with Gasteiger partial charge in [0.15, 0.2) is 5.11 Å². The number of nitrogens with zero attached hydrogens (tertiary/aromatic N) is 3. The van der Waals surface area contributed by atoms with E-state index in [1.807, 2.05) is 42.5 Å². The van der Waals surface area contributed by atoms with Crippen LogP contribution < -0.4 is 15.5 Å². The number of amides is 1. The van der Waals surface area contributed by atoms with Gasteiger partial charge in [-0.15, -0.1) is 0 Å². The summed E-state index contributed by atoms with van der Waals surface area (Å²) in [6, 6.07) is 17.8. The molecule has 2 N–H and O–H groups in total. The van der Waals surface area contributed by atoms with Crippen molar-refractivity contribution in [2.45, 2.75) is 32.5 Å². The molecule has 1 aliphatic heterocycles. The molecule has 0 unspecified atom stereocenters. The van der Waals surface area contributed by atoms with Crippen molar-refractivity contribution < 1.29 is 4.79 Å². The SMILES string of the molecule is CCn1cccc1[C@H]1[C@H](c2ccccn2)NC(=S)N1c1ccc(NC(C)=O)cc1. The number of hydrogen-bond acceptors (Lipinski definition) is 3. The lowest BCUT2D eigenvalue weighted by Crippen LogP contribution is -2.30. The quantitative estimate of drug-likeness (QED) is 0.628. The largest absolute Gasteiger partial charge is 0.351 e. The number of carbonyl (C=O) groups excluding carboxylic acids is 1. The number of hydrogen-bond donors (Lipinski definition) is 2. The molecule has 0 aliphatic carbocycles. The lowest BCUT2D eigenvalue weighted by molar-refractivity contribution is -0.114. The van der Waals surface area contributed by atoms with Crippen LogP contribution in [0.2, 0.25) is 0 Å². The van der Waals surface area contributed by atoms with Crippen LogP contribution in [0, 0.1) is 0 Å². The standard InChI is InChI=1S/C22H23N5OS/c1-3-26-14-6-8-19(26)21-20(18-7-4-5-13-23-18)25-22(29)27(21)17-11-9-16(10-12-17)24-15(2)28/h4-14,20-21H,3H2,1-2H3,(H,24,28)(H,25,29)/t20-,21-/m0/s1. The third kappa shape index (κ3) is 3.73. The summed E-state index contributed by atoms with van der Waals surface area (Å²) < 4.78 is 2.23. The van der Waals surface area contributed by atoms with Crippen LogP contribution >= 0.6 is 12.2 Å². The Morgan fingerprint density at radius 2 is 1.97 bits per heavy atom.